The summed E-state index contributed by atoms with van der Waals surface area (Å²) in [5.41, 5.74) is 2.91. The molecular weight excluding hydrogens is 262 g/mol. The highest BCUT2D eigenvalue weighted by atomic mass is 16.5. The molecule has 1 aromatic rings. The summed E-state index contributed by atoms with van der Waals surface area (Å²) >= 11 is 0. The maximum Gasteiger partial charge on any atom is 0.160 e. The number of aryl methyl sites for hydroxylation is 2. The van der Waals surface area contributed by atoms with E-state index in [1.807, 2.05) is 13.8 Å². The Labute approximate surface area is 129 Å². The first-order valence-corrected chi connectivity index (χ1v) is 7.80. The van der Waals surface area contributed by atoms with Gasteiger partial charge >= 0.3 is 0 Å². The van der Waals surface area contributed by atoms with Crippen LogP contribution in [0.3, 0.4) is 0 Å². The highest BCUT2D eigenvalue weighted by Crippen LogP contribution is 2.26. The number of hydrogen-bond donors (Lipinski definition) is 1. The van der Waals surface area contributed by atoms with E-state index in [1.54, 1.807) is 7.11 Å². The second-order valence-electron chi connectivity index (χ2n) is 6.80. The van der Waals surface area contributed by atoms with Crippen LogP contribution >= 0.6 is 0 Å². The van der Waals surface area contributed by atoms with Crippen molar-refractivity contribution in [2.75, 3.05) is 20.2 Å². The van der Waals surface area contributed by atoms with E-state index in [-0.39, 0.29) is 0 Å². The van der Waals surface area contributed by atoms with E-state index in [2.05, 4.69) is 49.9 Å². The summed E-state index contributed by atoms with van der Waals surface area (Å²) in [6.45, 7) is 16.8. The van der Waals surface area contributed by atoms with Gasteiger partial charge in [-0.15, -0.1) is 0 Å². The number of ether oxygens (including phenoxy) is 1. The quantitative estimate of drug-likeness (QED) is 0.837. The number of rotatable bonds is 7. The molecule has 4 nitrogen and oxygen atoms in total. The molecule has 0 amide bonds. The van der Waals surface area contributed by atoms with Gasteiger partial charge < -0.3 is 10.1 Å². The van der Waals surface area contributed by atoms with Gasteiger partial charge in [0.2, 0.25) is 0 Å². The third-order valence-electron chi connectivity index (χ3n) is 3.87. The van der Waals surface area contributed by atoms with Crippen LogP contribution in [0.2, 0.25) is 0 Å². The van der Waals surface area contributed by atoms with E-state index in [0.29, 0.717) is 11.8 Å². The minimum atomic E-state index is -0.451. The molecule has 4 heteroatoms. The normalized spacial score (nSPS) is 13.8. The Morgan fingerprint density at radius 1 is 1.05 bits per heavy atom. The third-order valence-corrected chi connectivity index (χ3v) is 3.87. The van der Waals surface area contributed by atoms with Crippen LogP contribution in [0.25, 0.3) is 0 Å². The molecule has 120 valence electrons. The van der Waals surface area contributed by atoms with E-state index in [0.717, 1.165) is 30.3 Å². The highest BCUT2D eigenvalue weighted by molar-refractivity contribution is 5.29. The Balaban J connectivity index is 2.94. The van der Waals surface area contributed by atoms with E-state index >= 15 is 0 Å². The minimum absolute atomic E-state index is 0.406. The second-order valence-corrected chi connectivity index (χ2v) is 6.80. The fourth-order valence-corrected chi connectivity index (χ4v) is 2.49. The molecular formula is C17H31N3O. The molecule has 1 unspecified atom stereocenters. The van der Waals surface area contributed by atoms with Crippen molar-refractivity contribution >= 4 is 0 Å². The number of methoxy groups -OCH3 is 1. The second kappa shape index (κ2) is 7.32. The van der Waals surface area contributed by atoms with Crippen LogP contribution < -0.4 is 5.32 Å². The molecule has 0 saturated carbocycles. The average Bonchev–Trinajstić information content (AvgIpc) is 2.37. The Kier molecular flexibility index (Phi) is 6.29. The van der Waals surface area contributed by atoms with Crippen molar-refractivity contribution in [2.24, 2.45) is 5.92 Å². The summed E-state index contributed by atoms with van der Waals surface area (Å²) in [6, 6.07) is 0. The van der Waals surface area contributed by atoms with Crippen molar-refractivity contribution in [1.82, 2.24) is 15.3 Å². The number of aromatic nitrogens is 2. The van der Waals surface area contributed by atoms with Gasteiger partial charge in [-0.3, -0.25) is 0 Å². The lowest BCUT2D eigenvalue weighted by molar-refractivity contribution is 0.0111. The molecule has 0 aliphatic carbocycles. The van der Waals surface area contributed by atoms with E-state index < -0.39 is 5.60 Å². The topological polar surface area (TPSA) is 47.0 Å². The molecule has 1 rings (SSSR count). The van der Waals surface area contributed by atoms with Gasteiger partial charge in [-0.1, -0.05) is 20.8 Å². The van der Waals surface area contributed by atoms with Crippen LogP contribution in [-0.4, -0.2) is 30.2 Å². The van der Waals surface area contributed by atoms with Gasteiger partial charge in [0.15, 0.2) is 5.82 Å². The Bertz CT molecular complexity index is 446. The van der Waals surface area contributed by atoms with Gasteiger partial charge in [-0.05, 0) is 51.6 Å². The molecule has 21 heavy (non-hydrogen) atoms. The maximum absolute atomic E-state index is 5.49. The third kappa shape index (κ3) is 4.75. The van der Waals surface area contributed by atoms with Crippen LogP contribution in [-0.2, 0) is 10.3 Å². The van der Waals surface area contributed by atoms with Crippen molar-refractivity contribution in [3.8, 4) is 0 Å². The fourth-order valence-electron chi connectivity index (χ4n) is 2.49. The lowest BCUT2D eigenvalue weighted by Gasteiger charge is -2.24. The lowest BCUT2D eigenvalue weighted by Crippen LogP contribution is -2.27. The summed E-state index contributed by atoms with van der Waals surface area (Å²) < 4.78 is 5.49. The molecule has 0 aliphatic rings. The first kappa shape index (κ1) is 18.1. The minimum Gasteiger partial charge on any atom is -0.371 e. The van der Waals surface area contributed by atoms with Crippen LogP contribution in [0.15, 0.2) is 0 Å². The molecule has 1 heterocycles. The van der Waals surface area contributed by atoms with Gasteiger partial charge in [0.25, 0.3) is 0 Å². The van der Waals surface area contributed by atoms with Gasteiger partial charge in [-0.25, -0.2) is 9.97 Å². The first-order chi connectivity index (χ1) is 9.69. The fraction of sp³-hybridized carbons (Fsp3) is 0.765. The van der Waals surface area contributed by atoms with Crippen LogP contribution in [0.5, 0.6) is 0 Å². The molecule has 0 bridgehead atoms. The largest absolute Gasteiger partial charge is 0.371 e. The molecule has 1 aromatic heterocycles. The average molecular weight is 293 g/mol. The summed E-state index contributed by atoms with van der Waals surface area (Å²) in [6.07, 6.45) is 0. The van der Waals surface area contributed by atoms with E-state index in [4.69, 9.17) is 4.74 Å². The van der Waals surface area contributed by atoms with Crippen molar-refractivity contribution in [3.63, 3.8) is 0 Å². The number of hydrogen-bond acceptors (Lipinski definition) is 4. The smallest absolute Gasteiger partial charge is 0.160 e. The first-order valence-electron chi connectivity index (χ1n) is 7.80. The Morgan fingerprint density at radius 3 is 2.00 bits per heavy atom. The predicted molar refractivity (Wildman–Crippen MR) is 87.7 cm³/mol. The Morgan fingerprint density at radius 2 is 1.57 bits per heavy atom. The summed E-state index contributed by atoms with van der Waals surface area (Å²) in [5, 5.41) is 3.51. The van der Waals surface area contributed by atoms with Gasteiger partial charge in [0.05, 0.1) is 0 Å². The SMILES string of the molecule is COC(C)(C)c1nc(C)c(C(C)CNCC(C)C)c(C)n1. The van der Waals surface area contributed by atoms with Crippen molar-refractivity contribution < 1.29 is 4.74 Å². The molecule has 0 aromatic carbocycles. The van der Waals surface area contributed by atoms with Crippen LogP contribution in [0.4, 0.5) is 0 Å². The zero-order chi connectivity index (χ0) is 16.2. The molecule has 1 atom stereocenters. The Hall–Kier alpha value is -1.00. The predicted octanol–water partition coefficient (Wildman–Crippen LogP) is 3.32. The van der Waals surface area contributed by atoms with E-state index in [1.165, 1.54) is 5.56 Å². The molecule has 0 saturated heterocycles. The number of nitrogens with one attached hydrogen (secondary N) is 1. The molecule has 0 aliphatic heterocycles. The molecule has 0 radical (unpaired) electrons. The zero-order valence-corrected chi connectivity index (χ0v) is 14.9. The molecule has 0 spiro atoms. The summed E-state index contributed by atoms with van der Waals surface area (Å²) in [7, 11) is 1.69. The standard InChI is InChI=1S/C17H31N3O/c1-11(2)9-18-10-12(3)15-13(4)19-16(20-14(15)5)17(6,7)21-8/h11-12,18H,9-10H2,1-8H3. The summed E-state index contributed by atoms with van der Waals surface area (Å²) in [4.78, 5) is 9.35. The molecule has 1 N–H and O–H groups in total. The molecule has 0 fully saturated rings. The van der Waals surface area contributed by atoms with Gasteiger partial charge in [0.1, 0.15) is 5.60 Å². The van der Waals surface area contributed by atoms with Crippen molar-refractivity contribution in [1.29, 1.82) is 0 Å². The van der Waals surface area contributed by atoms with Crippen LogP contribution in [0, 0.1) is 19.8 Å². The zero-order valence-electron chi connectivity index (χ0n) is 14.9. The van der Waals surface area contributed by atoms with E-state index in [9.17, 15) is 0 Å². The summed E-state index contributed by atoms with van der Waals surface area (Å²) in [5.74, 6) is 1.83. The number of nitrogens with zero attached hydrogens (tertiary/aromatic N) is 2. The van der Waals surface area contributed by atoms with Crippen LogP contribution in [0.1, 0.15) is 63.3 Å². The van der Waals surface area contributed by atoms with Crippen molar-refractivity contribution in [3.05, 3.63) is 22.8 Å². The monoisotopic (exact) mass is 293 g/mol. The van der Waals surface area contributed by atoms with Crippen molar-refractivity contribution in [2.45, 2.75) is 60.0 Å². The van der Waals surface area contributed by atoms with Gasteiger partial charge in [-0.2, -0.15) is 0 Å². The highest BCUT2D eigenvalue weighted by Gasteiger charge is 2.25. The lowest BCUT2D eigenvalue weighted by atomic mass is 9.97. The van der Waals surface area contributed by atoms with Gasteiger partial charge in [0, 0.05) is 25.0 Å². The maximum atomic E-state index is 5.49.